The fourth-order valence-electron chi connectivity index (χ4n) is 10.8. The van der Waals surface area contributed by atoms with Crippen LogP contribution in [0.25, 0.3) is 66.4 Å². The highest BCUT2D eigenvalue weighted by molar-refractivity contribution is 6.10. The normalized spacial score (nSPS) is 23.4. The van der Waals surface area contributed by atoms with Crippen molar-refractivity contribution in [1.82, 2.24) is 0 Å². The maximum atomic E-state index is 10.9. The van der Waals surface area contributed by atoms with E-state index in [0.717, 1.165) is 54.6 Å². The van der Waals surface area contributed by atoms with Crippen LogP contribution in [0.4, 0.5) is 17.1 Å². The Morgan fingerprint density at radius 1 is 0.288 bits per heavy atom. The first-order valence-electron chi connectivity index (χ1n) is 41.0. The van der Waals surface area contributed by atoms with E-state index < -0.39 is 346 Å². The lowest BCUT2D eigenvalue weighted by atomic mass is 9.67. The van der Waals surface area contributed by atoms with Gasteiger partial charge in [-0.3, -0.25) is 0 Å². The van der Waals surface area contributed by atoms with Crippen LogP contribution < -0.4 is 4.90 Å². The average Bonchev–Trinajstić information content (AvgIpc) is 1.48. The highest BCUT2D eigenvalue weighted by Crippen LogP contribution is 2.65. The second-order valence-corrected chi connectivity index (χ2v) is 16.9. The lowest BCUT2D eigenvalue weighted by Crippen LogP contribution is -2.28. The van der Waals surface area contributed by atoms with E-state index in [1.165, 1.54) is 6.07 Å². The van der Waals surface area contributed by atoms with Gasteiger partial charge in [-0.1, -0.05) is 248 Å². The number of anilines is 3. The molecule has 3 aliphatic rings. The Morgan fingerprint density at radius 3 is 1.77 bits per heavy atom. The van der Waals surface area contributed by atoms with Crippen molar-refractivity contribution in [2.75, 3.05) is 4.90 Å². The van der Waals surface area contributed by atoms with Gasteiger partial charge in [0.15, 0.2) is 0 Å². The first-order chi connectivity index (χ1) is 51.6. The molecule has 0 bridgehead atoms. The van der Waals surface area contributed by atoms with Crippen molar-refractivity contribution in [3.8, 4) is 55.6 Å². The van der Waals surface area contributed by atoms with Gasteiger partial charge in [-0.2, -0.15) is 0 Å². The molecule has 1 nitrogen and oxygen atoms in total. The summed E-state index contributed by atoms with van der Waals surface area (Å²) in [6, 6.07) is -24.6. The third kappa shape index (κ3) is 5.79. The zero-order valence-corrected chi connectivity index (χ0v) is 37.2. The third-order valence-electron chi connectivity index (χ3n) is 13.6. The molecular weight excluding hydrogens is 879 g/mol. The van der Waals surface area contributed by atoms with Gasteiger partial charge < -0.3 is 4.90 Å². The Balaban J connectivity index is 1.15. The van der Waals surface area contributed by atoms with Crippen molar-refractivity contribution < 1.29 is 50.7 Å². The van der Waals surface area contributed by atoms with Crippen LogP contribution in [-0.2, 0) is 10.8 Å². The topological polar surface area (TPSA) is 3.24 Å². The molecule has 0 fully saturated rings. The fraction of sp³-hybridized carbons (Fsp3) is 0.0278. The van der Waals surface area contributed by atoms with Gasteiger partial charge in [0.1, 0.15) is 0 Å². The van der Waals surface area contributed by atoms with E-state index in [1.807, 2.05) is 0 Å². The minimum absolute atomic E-state index is 0.263. The van der Waals surface area contributed by atoms with Gasteiger partial charge in [0.05, 0.1) is 61.5 Å². The summed E-state index contributed by atoms with van der Waals surface area (Å²) in [5.41, 5.74) is -19.5. The molecule has 0 aromatic heterocycles. The SMILES string of the molecule is [2H]c1cc2c(c([2H])c1[2H])-c1c(-c3c(-c4c([2H])c([2H])c([2H])c(N(c5cc([2H])c6c(c5[2H])C(c5c([2H])cc([2H])c([2H])c5[2H])(c5c([2H])c([2H])cc([2H])c5[2H])c5c([2H])c([2H])c([2H])c([2H])c5-6)c5c([2H])cccc5[2H])c4[2H])c([2H])c([2H])c4c([2H])c([2H])c([2H])c([2H])c34)ccc([2H])c1C21c2cc([2H])c([2H])c([2H])c2-c2c([2H])c([2H])c([2H])c([2H])c21. The molecule has 340 valence electrons. The Kier molecular flexibility index (Phi) is 4.20. The minimum Gasteiger partial charge on any atom is -0.310 e. The Morgan fingerprint density at radius 2 is 0.945 bits per heavy atom. The van der Waals surface area contributed by atoms with Gasteiger partial charge in [-0.25, -0.2) is 0 Å². The molecule has 0 amide bonds. The Bertz CT molecular complexity index is 6360. The van der Waals surface area contributed by atoms with Crippen molar-refractivity contribution in [3.63, 3.8) is 0 Å². The molecule has 3 aliphatic carbocycles. The number of para-hydroxylation sites is 1. The van der Waals surface area contributed by atoms with Crippen molar-refractivity contribution in [2.45, 2.75) is 10.8 Å². The molecule has 2 unspecified atom stereocenters. The lowest BCUT2D eigenvalue weighted by molar-refractivity contribution is 0.768. The second-order valence-electron chi connectivity index (χ2n) is 16.9. The summed E-state index contributed by atoms with van der Waals surface area (Å²) in [7, 11) is 0. The molecule has 0 N–H and O–H groups in total. The van der Waals surface area contributed by atoms with Crippen LogP contribution in [0.5, 0.6) is 0 Å². The van der Waals surface area contributed by atoms with Crippen LogP contribution in [0.3, 0.4) is 0 Å². The third-order valence-corrected chi connectivity index (χ3v) is 13.6. The molecule has 0 saturated carbocycles. The molecule has 0 heterocycles. The first-order valence-corrected chi connectivity index (χ1v) is 22.5. The van der Waals surface area contributed by atoms with Crippen LogP contribution in [0, 0.1) is 0 Å². The predicted molar refractivity (Wildman–Crippen MR) is 303 cm³/mol. The van der Waals surface area contributed by atoms with Gasteiger partial charge in [-0.15, -0.1) is 0 Å². The van der Waals surface area contributed by atoms with Crippen LogP contribution in [0.15, 0.2) is 284 Å². The van der Waals surface area contributed by atoms with Gasteiger partial charge in [0.25, 0.3) is 0 Å². The molecular formula is C72H47N. The second kappa shape index (κ2) is 16.1. The molecule has 15 rings (SSSR count). The van der Waals surface area contributed by atoms with Crippen LogP contribution in [0.2, 0.25) is 0 Å². The Labute approximate surface area is 478 Å². The molecule has 1 heteroatoms. The number of nitrogens with zero attached hydrogens (tertiary/aromatic N) is 1. The van der Waals surface area contributed by atoms with E-state index in [0.29, 0.717) is 4.90 Å². The highest BCUT2D eigenvalue weighted by Gasteiger charge is 2.52. The highest BCUT2D eigenvalue weighted by atomic mass is 15.1. The number of rotatable bonds is 7. The molecule has 12 aromatic rings. The van der Waals surface area contributed by atoms with E-state index >= 15 is 0 Å². The quantitative estimate of drug-likeness (QED) is 0.154. The van der Waals surface area contributed by atoms with Crippen molar-refractivity contribution >= 4 is 27.8 Å². The van der Waals surface area contributed by atoms with Gasteiger partial charge in [0, 0.05) is 17.1 Å². The maximum Gasteiger partial charge on any atom is 0.0725 e. The number of hydrogen-bond acceptors (Lipinski definition) is 1. The fourth-order valence-corrected chi connectivity index (χ4v) is 10.8. The molecule has 12 aromatic carbocycles. The monoisotopic (exact) mass is 963 g/mol. The van der Waals surface area contributed by atoms with Gasteiger partial charge in [0.2, 0.25) is 0 Å². The molecule has 1 spiro atoms. The molecule has 0 aliphatic heterocycles. The largest absolute Gasteiger partial charge is 0.310 e. The molecule has 2 atom stereocenters. The standard InChI is InChI=1S/C72H47N/c1-4-24-50(25-5-1)71(51-26-6-2-7-27-51)63-37-16-12-34-59(63)60-45-43-54(47-68(60)71)73(52-28-8-3-9-29-52)53-30-20-23-49(46-53)56-44-42-48-22-10-11-31-55(48)69(56)62-36-21-41-67-70(62)61-35-15-19-40-66(61)72(67)64-38-17-13-32-57(64)58-33-14-18-39-65(58)72/h1-47H/i1D,4D,6D,7D,10D,11D,12D,13D,14D,15D,16D,17D,18D,19D,20D,22D,23D,24D,25D,26D,27D,28D,29D,30D,31D,32D,33D,34D,35D,37D,38D,41D,42D,44D,45D,46D,47D. The number of hydrogen-bond donors (Lipinski definition) is 0. The molecule has 0 saturated heterocycles. The van der Waals surface area contributed by atoms with E-state index in [2.05, 4.69) is 0 Å². The minimum atomic E-state index is -3.19. The van der Waals surface area contributed by atoms with Gasteiger partial charge in [-0.05, 0) is 147 Å². The van der Waals surface area contributed by atoms with Crippen LogP contribution >= 0.6 is 0 Å². The summed E-state index contributed by atoms with van der Waals surface area (Å²) in [5, 5.41) is -1.47. The van der Waals surface area contributed by atoms with E-state index in [4.69, 9.17) is 15.1 Å². The summed E-state index contributed by atoms with van der Waals surface area (Å²) >= 11 is 0. The predicted octanol–water partition coefficient (Wildman–Crippen LogP) is 18.4. The van der Waals surface area contributed by atoms with Crippen LogP contribution in [0.1, 0.15) is 95.2 Å². The summed E-state index contributed by atoms with van der Waals surface area (Å²) in [5.74, 6) is 0. The molecule has 73 heavy (non-hydrogen) atoms. The first kappa shape index (κ1) is 19.0. The number of benzene rings is 12. The average molecular weight is 963 g/mol. The van der Waals surface area contributed by atoms with E-state index in [1.54, 1.807) is 0 Å². The maximum absolute atomic E-state index is 10.9. The van der Waals surface area contributed by atoms with E-state index in [-0.39, 0.29) is 16.7 Å². The molecule has 0 radical (unpaired) electrons. The van der Waals surface area contributed by atoms with E-state index in [9.17, 15) is 35.6 Å². The summed E-state index contributed by atoms with van der Waals surface area (Å²) in [6.07, 6.45) is 0. The Hall–Kier alpha value is -9.30. The van der Waals surface area contributed by atoms with Crippen molar-refractivity contribution in [1.29, 1.82) is 0 Å². The summed E-state index contributed by atoms with van der Waals surface area (Å²) in [6.45, 7) is 0. The lowest BCUT2D eigenvalue weighted by Gasteiger charge is -2.35. The smallest absolute Gasteiger partial charge is 0.0725 e. The van der Waals surface area contributed by atoms with Crippen molar-refractivity contribution in [2.24, 2.45) is 0 Å². The number of fused-ring (bicyclic) bond motifs is 14. The summed E-state index contributed by atoms with van der Waals surface area (Å²) in [4.78, 5) is 0.636. The van der Waals surface area contributed by atoms with Gasteiger partial charge >= 0.3 is 0 Å². The van der Waals surface area contributed by atoms with Crippen LogP contribution in [-0.4, -0.2) is 0 Å². The zero-order chi connectivity index (χ0) is 80.3. The zero-order valence-electron chi connectivity index (χ0n) is 74.2. The summed E-state index contributed by atoms with van der Waals surface area (Å²) < 4.78 is 354. The van der Waals surface area contributed by atoms with Crippen molar-refractivity contribution in [3.05, 3.63) is 329 Å².